The highest BCUT2D eigenvalue weighted by Crippen LogP contribution is 2.18. The standard InChI is InChI=1S/C16H24N2O2/c1-3-18(14-9-11-17-12-10-14)16(19)13-5-7-15(8-6-13)20-4-2/h5-8,14,17H,3-4,9-12H2,1-2H3. The Balaban J connectivity index is 2.07. The van der Waals surface area contributed by atoms with Crippen LogP contribution in [0.15, 0.2) is 24.3 Å². The number of carbonyl (C=O) groups is 1. The number of nitrogens with one attached hydrogen (secondary N) is 1. The molecule has 0 atom stereocenters. The van der Waals surface area contributed by atoms with Crippen molar-refractivity contribution in [2.24, 2.45) is 0 Å². The van der Waals surface area contributed by atoms with Gasteiger partial charge in [0.05, 0.1) is 6.61 Å². The number of rotatable bonds is 5. The number of hydrogen-bond acceptors (Lipinski definition) is 3. The van der Waals surface area contributed by atoms with E-state index >= 15 is 0 Å². The van der Waals surface area contributed by atoms with Crippen molar-refractivity contribution < 1.29 is 9.53 Å². The molecule has 1 fully saturated rings. The monoisotopic (exact) mass is 276 g/mol. The second-order valence-electron chi connectivity index (χ2n) is 5.03. The minimum atomic E-state index is 0.127. The van der Waals surface area contributed by atoms with Gasteiger partial charge >= 0.3 is 0 Å². The number of nitrogens with zero attached hydrogens (tertiary/aromatic N) is 1. The van der Waals surface area contributed by atoms with Crippen molar-refractivity contribution in [2.45, 2.75) is 32.7 Å². The third kappa shape index (κ3) is 3.51. The fourth-order valence-corrected chi connectivity index (χ4v) is 2.71. The molecule has 1 heterocycles. The molecule has 1 aromatic rings. The summed E-state index contributed by atoms with van der Waals surface area (Å²) in [4.78, 5) is 14.6. The predicted octanol–water partition coefficient (Wildman–Crippen LogP) is 2.30. The first-order chi connectivity index (χ1) is 9.76. The van der Waals surface area contributed by atoms with Gasteiger partial charge in [0.1, 0.15) is 5.75 Å². The van der Waals surface area contributed by atoms with Gasteiger partial charge in [-0.3, -0.25) is 4.79 Å². The topological polar surface area (TPSA) is 41.6 Å². The van der Waals surface area contributed by atoms with Gasteiger partial charge in [0.25, 0.3) is 5.91 Å². The molecule has 0 spiro atoms. The van der Waals surface area contributed by atoms with E-state index < -0.39 is 0 Å². The highest BCUT2D eigenvalue weighted by Gasteiger charge is 2.24. The van der Waals surface area contributed by atoms with Gasteiger partial charge in [-0.15, -0.1) is 0 Å². The summed E-state index contributed by atoms with van der Waals surface area (Å²) in [7, 11) is 0. The summed E-state index contributed by atoms with van der Waals surface area (Å²) in [5.41, 5.74) is 0.744. The lowest BCUT2D eigenvalue weighted by atomic mass is 10.0. The summed E-state index contributed by atoms with van der Waals surface area (Å²) in [6.45, 7) is 7.40. The normalized spacial score (nSPS) is 15.9. The fraction of sp³-hybridized carbons (Fsp3) is 0.562. The van der Waals surface area contributed by atoms with E-state index in [2.05, 4.69) is 12.2 Å². The van der Waals surface area contributed by atoms with Crippen molar-refractivity contribution in [2.75, 3.05) is 26.2 Å². The second kappa shape index (κ2) is 7.29. The number of ether oxygens (including phenoxy) is 1. The minimum absolute atomic E-state index is 0.127. The van der Waals surface area contributed by atoms with Gasteiger partial charge in [0.15, 0.2) is 0 Å². The van der Waals surface area contributed by atoms with Crippen LogP contribution in [0.3, 0.4) is 0 Å². The Labute approximate surface area is 121 Å². The maximum absolute atomic E-state index is 12.6. The molecule has 1 aromatic carbocycles. The molecule has 1 saturated heterocycles. The summed E-state index contributed by atoms with van der Waals surface area (Å²) in [6.07, 6.45) is 2.08. The molecule has 1 aliphatic rings. The van der Waals surface area contributed by atoms with Crippen molar-refractivity contribution in [3.63, 3.8) is 0 Å². The van der Waals surface area contributed by atoms with Crippen LogP contribution >= 0.6 is 0 Å². The van der Waals surface area contributed by atoms with E-state index in [1.165, 1.54) is 0 Å². The van der Waals surface area contributed by atoms with E-state index in [1.807, 2.05) is 36.1 Å². The molecule has 4 heteroatoms. The maximum atomic E-state index is 12.6. The van der Waals surface area contributed by atoms with Crippen LogP contribution in [-0.4, -0.2) is 43.1 Å². The van der Waals surface area contributed by atoms with Gasteiger partial charge in [-0.05, 0) is 64.0 Å². The lowest BCUT2D eigenvalue weighted by Gasteiger charge is -2.34. The third-order valence-corrected chi connectivity index (χ3v) is 3.76. The molecule has 0 radical (unpaired) electrons. The lowest BCUT2D eigenvalue weighted by molar-refractivity contribution is 0.0656. The molecule has 1 amide bonds. The van der Waals surface area contributed by atoms with E-state index in [9.17, 15) is 4.79 Å². The Morgan fingerprint density at radius 3 is 2.45 bits per heavy atom. The summed E-state index contributed by atoms with van der Waals surface area (Å²) in [5, 5.41) is 3.34. The number of carbonyl (C=O) groups excluding carboxylic acids is 1. The molecule has 4 nitrogen and oxygen atoms in total. The minimum Gasteiger partial charge on any atom is -0.494 e. The summed E-state index contributed by atoms with van der Waals surface area (Å²) < 4.78 is 5.41. The van der Waals surface area contributed by atoms with Crippen LogP contribution in [0, 0.1) is 0 Å². The largest absolute Gasteiger partial charge is 0.494 e. The van der Waals surface area contributed by atoms with Gasteiger partial charge in [0.2, 0.25) is 0 Å². The van der Waals surface area contributed by atoms with E-state index in [0.717, 1.165) is 43.8 Å². The van der Waals surface area contributed by atoms with Crippen molar-refractivity contribution in [1.82, 2.24) is 10.2 Å². The summed E-state index contributed by atoms with van der Waals surface area (Å²) in [5.74, 6) is 0.941. The predicted molar refractivity (Wildman–Crippen MR) is 80.2 cm³/mol. The summed E-state index contributed by atoms with van der Waals surface area (Å²) >= 11 is 0. The Morgan fingerprint density at radius 1 is 1.25 bits per heavy atom. The first kappa shape index (κ1) is 14.9. The van der Waals surface area contributed by atoms with Gasteiger partial charge in [-0.1, -0.05) is 0 Å². The summed E-state index contributed by atoms with van der Waals surface area (Å²) in [6, 6.07) is 7.81. The molecular formula is C16H24N2O2. The number of hydrogen-bond donors (Lipinski definition) is 1. The molecule has 0 bridgehead atoms. The maximum Gasteiger partial charge on any atom is 0.254 e. The van der Waals surface area contributed by atoms with E-state index in [0.29, 0.717) is 12.6 Å². The zero-order valence-corrected chi connectivity index (χ0v) is 12.4. The van der Waals surface area contributed by atoms with Crippen LogP contribution < -0.4 is 10.1 Å². The molecule has 1 aliphatic heterocycles. The van der Waals surface area contributed by atoms with Crippen molar-refractivity contribution in [3.05, 3.63) is 29.8 Å². The Hall–Kier alpha value is -1.55. The first-order valence-corrected chi connectivity index (χ1v) is 7.50. The van der Waals surface area contributed by atoms with Crippen LogP contribution in [0.2, 0.25) is 0 Å². The third-order valence-electron chi connectivity index (χ3n) is 3.76. The van der Waals surface area contributed by atoms with Gasteiger partial charge in [0, 0.05) is 18.2 Å². The van der Waals surface area contributed by atoms with E-state index in [4.69, 9.17) is 4.74 Å². The zero-order chi connectivity index (χ0) is 14.4. The average Bonchev–Trinajstić information content (AvgIpc) is 2.50. The van der Waals surface area contributed by atoms with Crippen LogP contribution in [0.25, 0.3) is 0 Å². The van der Waals surface area contributed by atoms with Crippen molar-refractivity contribution >= 4 is 5.91 Å². The number of benzene rings is 1. The van der Waals surface area contributed by atoms with E-state index in [1.54, 1.807) is 0 Å². The molecule has 110 valence electrons. The second-order valence-corrected chi connectivity index (χ2v) is 5.03. The molecule has 1 N–H and O–H groups in total. The van der Waals surface area contributed by atoms with Crippen molar-refractivity contribution in [3.8, 4) is 5.75 Å². The molecule has 0 aliphatic carbocycles. The van der Waals surface area contributed by atoms with Crippen LogP contribution in [0.1, 0.15) is 37.0 Å². The molecule has 0 unspecified atom stereocenters. The van der Waals surface area contributed by atoms with E-state index in [-0.39, 0.29) is 5.91 Å². The molecular weight excluding hydrogens is 252 g/mol. The first-order valence-electron chi connectivity index (χ1n) is 7.50. The highest BCUT2D eigenvalue weighted by atomic mass is 16.5. The van der Waals surface area contributed by atoms with Crippen LogP contribution in [0.4, 0.5) is 0 Å². The average molecular weight is 276 g/mol. The van der Waals surface area contributed by atoms with Gasteiger partial charge in [-0.25, -0.2) is 0 Å². The van der Waals surface area contributed by atoms with Crippen LogP contribution in [-0.2, 0) is 0 Å². The molecule has 0 saturated carbocycles. The Morgan fingerprint density at radius 2 is 1.90 bits per heavy atom. The molecule has 0 aromatic heterocycles. The number of amides is 1. The SMILES string of the molecule is CCOc1ccc(C(=O)N(CC)C2CCNCC2)cc1. The van der Waals surface area contributed by atoms with Gasteiger partial charge < -0.3 is 15.0 Å². The Bertz CT molecular complexity index is 425. The highest BCUT2D eigenvalue weighted by molar-refractivity contribution is 5.94. The lowest BCUT2D eigenvalue weighted by Crippen LogP contribution is -2.46. The Kier molecular flexibility index (Phi) is 5.41. The quantitative estimate of drug-likeness (QED) is 0.897. The number of piperidine rings is 1. The molecule has 20 heavy (non-hydrogen) atoms. The molecule has 2 rings (SSSR count). The van der Waals surface area contributed by atoms with Gasteiger partial charge in [-0.2, -0.15) is 0 Å². The zero-order valence-electron chi connectivity index (χ0n) is 12.4. The fourth-order valence-electron chi connectivity index (χ4n) is 2.71. The van der Waals surface area contributed by atoms with Crippen molar-refractivity contribution in [1.29, 1.82) is 0 Å². The smallest absolute Gasteiger partial charge is 0.254 e. The van der Waals surface area contributed by atoms with Crippen LogP contribution in [0.5, 0.6) is 5.75 Å².